The van der Waals surface area contributed by atoms with Gasteiger partial charge in [0.1, 0.15) is 5.75 Å². The summed E-state index contributed by atoms with van der Waals surface area (Å²) in [5, 5.41) is 1.05. The molecule has 0 aliphatic heterocycles. The lowest BCUT2D eigenvalue weighted by Crippen LogP contribution is -1.98. The molecule has 0 spiro atoms. The summed E-state index contributed by atoms with van der Waals surface area (Å²) in [6.45, 7) is 0.800. The van der Waals surface area contributed by atoms with Crippen LogP contribution in [-0.2, 0) is 0 Å². The summed E-state index contributed by atoms with van der Waals surface area (Å²) in [5.74, 6) is 1.41. The fourth-order valence-corrected chi connectivity index (χ4v) is 2.22. The zero-order valence-corrected chi connectivity index (χ0v) is 11.4. The smallest absolute Gasteiger partial charge is 0.119 e. The Labute approximate surface area is 111 Å². The Bertz CT molecular complexity index is 380. The number of allylic oxidation sites excluding steroid dienone is 4. The molecule has 0 aromatic heterocycles. The Morgan fingerprint density at radius 3 is 2.35 bits per heavy atom. The van der Waals surface area contributed by atoms with Gasteiger partial charge in [-0.1, -0.05) is 52.4 Å². The lowest BCUT2D eigenvalue weighted by atomic mass is 10.0. The van der Waals surface area contributed by atoms with Gasteiger partial charge in [0, 0.05) is 11.2 Å². The molecule has 2 rings (SSSR count). The number of ether oxygens (including phenoxy) is 1. The SMILES string of the molecule is BrCCCCOc1ccc(C2C=CC=C2)cc1. The van der Waals surface area contributed by atoms with Crippen molar-refractivity contribution in [1.82, 2.24) is 0 Å². The first-order valence-electron chi connectivity index (χ1n) is 6.04. The minimum atomic E-state index is 0.442. The van der Waals surface area contributed by atoms with Gasteiger partial charge in [0.05, 0.1) is 6.61 Å². The van der Waals surface area contributed by atoms with E-state index < -0.39 is 0 Å². The van der Waals surface area contributed by atoms with E-state index in [0.29, 0.717) is 5.92 Å². The number of hydrogen-bond donors (Lipinski definition) is 0. The van der Waals surface area contributed by atoms with Crippen LogP contribution in [0, 0.1) is 0 Å². The molecule has 0 bridgehead atoms. The van der Waals surface area contributed by atoms with Gasteiger partial charge in [0.15, 0.2) is 0 Å². The largest absolute Gasteiger partial charge is 0.494 e. The summed E-state index contributed by atoms with van der Waals surface area (Å²) in [6, 6.07) is 8.40. The summed E-state index contributed by atoms with van der Waals surface area (Å²) < 4.78 is 5.67. The van der Waals surface area contributed by atoms with Gasteiger partial charge in [0.25, 0.3) is 0 Å². The minimum absolute atomic E-state index is 0.442. The van der Waals surface area contributed by atoms with Crippen LogP contribution in [-0.4, -0.2) is 11.9 Å². The second kappa shape index (κ2) is 6.65. The fraction of sp³-hybridized carbons (Fsp3) is 0.333. The molecule has 0 heterocycles. The fourth-order valence-electron chi connectivity index (χ4n) is 1.83. The molecule has 1 aliphatic carbocycles. The average Bonchev–Trinajstić information content (AvgIpc) is 2.89. The molecule has 0 N–H and O–H groups in total. The quantitative estimate of drug-likeness (QED) is 0.556. The van der Waals surface area contributed by atoms with Gasteiger partial charge in [-0.3, -0.25) is 0 Å². The molecule has 1 aliphatic rings. The van der Waals surface area contributed by atoms with E-state index in [1.54, 1.807) is 0 Å². The van der Waals surface area contributed by atoms with Crippen molar-refractivity contribution in [2.75, 3.05) is 11.9 Å². The maximum Gasteiger partial charge on any atom is 0.119 e. The predicted molar refractivity (Wildman–Crippen MR) is 76.0 cm³/mol. The third kappa shape index (κ3) is 3.74. The number of hydrogen-bond acceptors (Lipinski definition) is 1. The van der Waals surface area contributed by atoms with Crippen LogP contribution >= 0.6 is 15.9 Å². The molecule has 0 amide bonds. The van der Waals surface area contributed by atoms with Crippen LogP contribution in [0.1, 0.15) is 24.3 Å². The summed E-state index contributed by atoms with van der Waals surface area (Å²) >= 11 is 3.41. The zero-order valence-electron chi connectivity index (χ0n) is 9.81. The molecule has 0 radical (unpaired) electrons. The van der Waals surface area contributed by atoms with Crippen LogP contribution in [0.5, 0.6) is 5.75 Å². The minimum Gasteiger partial charge on any atom is -0.494 e. The molecule has 0 saturated carbocycles. The van der Waals surface area contributed by atoms with Crippen LogP contribution in [0.15, 0.2) is 48.6 Å². The molecule has 0 fully saturated rings. The van der Waals surface area contributed by atoms with Crippen LogP contribution in [0.3, 0.4) is 0 Å². The van der Waals surface area contributed by atoms with Gasteiger partial charge in [-0.15, -0.1) is 0 Å². The highest BCUT2D eigenvalue weighted by molar-refractivity contribution is 9.09. The van der Waals surface area contributed by atoms with Crippen molar-refractivity contribution >= 4 is 15.9 Å². The van der Waals surface area contributed by atoms with Gasteiger partial charge in [-0.05, 0) is 30.5 Å². The Balaban J connectivity index is 1.85. The van der Waals surface area contributed by atoms with E-state index in [1.807, 2.05) is 0 Å². The maximum absolute atomic E-state index is 5.67. The molecule has 17 heavy (non-hydrogen) atoms. The van der Waals surface area contributed by atoms with Crippen molar-refractivity contribution in [1.29, 1.82) is 0 Å². The molecule has 0 saturated heterocycles. The van der Waals surface area contributed by atoms with E-state index in [2.05, 4.69) is 64.5 Å². The number of halogens is 1. The standard InChI is InChI=1S/C15H17BrO/c16-11-3-4-12-17-15-9-7-14(8-10-15)13-5-1-2-6-13/h1-2,5-10,13H,3-4,11-12H2. The zero-order chi connectivity index (χ0) is 11.9. The van der Waals surface area contributed by atoms with Crippen molar-refractivity contribution in [2.45, 2.75) is 18.8 Å². The lowest BCUT2D eigenvalue weighted by Gasteiger charge is -2.08. The second-order valence-corrected chi connectivity index (χ2v) is 4.90. The van der Waals surface area contributed by atoms with E-state index in [0.717, 1.165) is 30.5 Å². The van der Waals surface area contributed by atoms with Crippen molar-refractivity contribution in [3.05, 3.63) is 54.1 Å². The van der Waals surface area contributed by atoms with Crippen LogP contribution < -0.4 is 4.74 Å². The summed E-state index contributed by atoms with van der Waals surface area (Å²) in [4.78, 5) is 0. The Morgan fingerprint density at radius 2 is 1.71 bits per heavy atom. The highest BCUT2D eigenvalue weighted by atomic mass is 79.9. The normalized spacial score (nSPS) is 14.4. The maximum atomic E-state index is 5.67. The first-order valence-corrected chi connectivity index (χ1v) is 7.16. The van der Waals surface area contributed by atoms with Crippen molar-refractivity contribution < 1.29 is 4.74 Å². The molecule has 90 valence electrons. The molecular weight excluding hydrogens is 276 g/mol. The number of alkyl halides is 1. The van der Waals surface area contributed by atoms with Crippen LogP contribution in [0.4, 0.5) is 0 Å². The third-order valence-corrected chi connectivity index (χ3v) is 3.37. The van der Waals surface area contributed by atoms with E-state index >= 15 is 0 Å². The van der Waals surface area contributed by atoms with Gasteiger partial charge in [-0.2, -0.15) is 0 Å². The first-order chi connectivity index (χ1) is 8.40. The Morgan fingerprint density at radius 1 is 1.00 bits per heavy atom. The second-order valence-electron chi connectivity index (χ2n) is 4.11. The summed E-state index contributed by atoms with van der Waals surface area (Å²) in [6.07, 6.45) is 10.8. The molecule has 1 aromatic rings. The summed E-state index contributed by atoms with van der Waals surface area (Å²) in [7, 11) is 0. The summed E-state index contributed by atoms with van der Waals surface area (Å²) in [5.41, 5.74) is 1.32. The van der Waals surface area contributed by atoms with Crippen molar-refractivity contribution in [3.63, 3.8) is 0 Å². The molecule has 2 heteroatoms. The van der Waals surface area contributed by atoms with Crippen LogP contribution in [0.25, 0.3) is 0 Å². The van der Waals surface area contributed by atoms with E-state index in [1.165, 1.54) is 5.56 Å². The Hall–Kier alpha value is -1.02. The Kier molecular flexibility index (Phi) is 4.87. The monoisotopic (exact) mass is 292 g/mol. The third-order valence-electron chi connectivity index (χ3n) is 2.81. The van der Waals surface area contributed by atoms with Gasteiger partial charge in [-0.25, -0.2) is 0 Å². The van der Waals surface area contributed by atoms with E-state index in [4.69, 9.17) is 4.74 Å². The molecule has 1 aromatic carbocycles. The molecule has 1 nitrogen and oxygen atoms in total. The first kappa shape index (κ1) is 12.4. The highest BCUT2D eigenvalue weighted by Crippen LogP contribution is 2.24. The molecule has 0 unspecified atom stereocenters. The topological polar surface area (TPSA) is 9.23 Å². The lowest BCUT2D eigenvalue weighted by molar-refractivity contribution is 0.310. The van der Waals surface area contributed by atoms with Crippen molar-refractivity contribution in [2.24, 2.45) is 0 Å². The van der Waals surface area contributed by atoms with Crippen molar-refractivity contribution in [3.8, 4) is 5.75 Å². The van der Waals surface area contributed by atoms with Gasteiger partial charge >= 0.3 is 0 Å². The number of benzene rings is 1. The van der Waals surface area contributed by atoms with E-state index in [-0.39, 0.29) is 0 Å². The van der Waals surface area contributed by atoms with Gasteiger partial charge < -0.3 is 4.74 Å². The number of unbranched alkanes of at least 4 members (excludes halogenated alkanes) is 1. The molecule has 0 atom stereocenters. The van der Waals surface area contributed by atoms with E-state index in [9.17, 15) is 0 Å². The number of rotatable bonds is 6. The average molecular weight is 293 g/mol. The predicted octanol–water partition coefficient (Wildman–Crippen LogP) is 4.45. The highest BCUT2D eigenvalue weighted by Gasteiger charge is 2.06. The van der Waals surface area contributed by atoms with Crippen LogP contribution in [0.2, 0.25) is 0 Å². The van der Waals surface area contributed by atoms with Gasteiger partial charge in [0.2, 0.25) is 0 Å². The molecular formula is C15H17BrO.